The summed E-state index contributed by atoms with van der Waals surface area (Å²) in [4.78, 5) is 0. The van der Waals surface area contributed by atoms with Crippen molar-refractivity contribution in [3.63, 3.8) is 0 Å². The molecule has 0 N–H and O–H groups in total. The molecule has 2 aromatic carbocycles. The van der Waals surface area contributed by atoms with Crippen molar-refractivity contribution in [2.24, 2.45) is 0 Å². The van der Waals surface area contributed by atoms with Crippen molar-refractivity contribution < 1.29 is 26.2 Å². The van der Waals surface area contributed by atoms with Crippen LogP contribution >= 0.6 is 0 Å². The molecule has 2 aromatic rings. The van der Waals surface area contributed by atoms with Gasteiger partial charge in [-0.25, -0.2) is 0 Å². The third-order valence-electron chi connectivity index (χ3n) is 3.45. The molecule has 27 heavy (non-hydrogen) atoms. The number of hydrogen-bond donors (Lipinski definition) is 0. The Labute approximate surface area is 188 Å². The molecular weight excluding hydrogens is 404 g/mol. The maximum absolute atomic E-state index is 3.21. The van der Waals surface area contributed by atoms with E-state index in [4.69, 9.17) is 0 Å². The van der Waals surface area contributed by atoms with E-state index in [0.29, 0.717) is 0 Å². The van der Waals surface area contributed by atoms with Gasteiger partial charge in [-0.2, -0.15) is 69.8 Å². The zero-order valence-corrected chi connectivity index (χ0v) is 19.9. The second-order valence-electron chi connectivity index (χ2n) is 6.59. The minimum Gasteiger partial charge on any atom is -0.177 e. The fraction of sp³-hybridized carbons (Fsp3) is 0.231. The molecule has 1 heteroatoms. The SMILES string of the molecule is Cc1[c-]c(C)cc(C)c1.Cc1[c-]c(C)cc(C)c1.[CH]1[CH][CH][CH][CH][CH][CH][CH]1.[Zr+2]. The van der Waals surface area contributed by atoms with Crippen LogP contribution < -0.4 is 0 Å². The molecule has 8 radical (unpaired) electrons. The molecule has 138 valence electrons. The summed E-state index contributed by atoms with van der Waals surface area (Å²) in [5, 5.41) is 0. The fourth-order valence-corrected chi connectivity index (χ4v) is 2.73. The van der Waals surface area contributed by atoms with E-state index in [2.05, 4.69) is 77.9 Å². The molecule has 1 aliphatic carbocycles. The largest absolute Gasteiger partial charge is 2.00 e. The first kappa shape index (κ1) is 26.3. The molecule has 0 unspecified atom stereocenters. The van der Waals surface area contributed by atoms with Crippen molar-refractivity contribution in [2.45, 2.75) is 41.5 Å². The van der Waals surface area contributed by atoms with Crippen LogP contribution in [0.15, 0.2) is 24.3 Å². The summed E-state index contributed by atoms with van der Waals surface area (Å²) in [6.07, 6.45) is 16.0. The Morgan fingerprint density at radius 3 is 0.741 bits per heavy atom. The molecule has 0 nitrogen and oxygen atoms in total. The monoisotopic (exact) mass is 432 g/mol. The standard InChI is InChI=1S/2C9H11.C8H8.Zr/c2*1-7-4-8(2)6-9(3)5-7;1-2-4-6-8-7-5-3-1;/h2*4-5H,1-3H3;1-8H;/q2*-1;;+2. The zero-order chi connectivity index (χ0) is 19.4. The third-order valence-corrected chi connectivity index (χ3v) is 3.45. The van der Waals surface area contributed by atoms with Gasteiger partial charge in [-0.1, -0.05) is 41.5 Å². The van der Waals surface area contributed by atoms with Gasteiger partial charge in [-0.05, 0) is 51.4 Å². The van der Waals surface area contributed by atoms with E-state index in [0.717, 1.165) is 0 Å². The van der Waals surface area contributed by atoms with Crippen molar-refractivity contribution in [1.29, 1.82) is 0 Å². The molecule has 0 bridgehead atoms. The Hall–Kier alpha value is -0.677. The molecule has 0 aromatic heterocycles. The van der Waals surface area contributed by atoms with Gasteiger partial charge < -0.3 is 0 Å². The van der Waals surface area contributed by atoms with Crippen molar-refractivity contribution in [3.8, 4) is 0 Å². The molecule has 0 aliphatic heterocycles. The molecule has 1 aliphatic rings. The minimum atomic E-state index is 0. The fourth-order valence-electron chi connectivity index (χ4n) is 2.73. The number of hydrogen-bond acceptors (Lipinski definition) is 0. The Bertz CT molecular complexity index is 468. The first-order valence-electron chi connectivity index (χ1n) is 8.98. The summed E-state index contributed by atoms with van der Waals surface area (Å²) >= 11 is 0. The summed E-state index contributed by atoms with van der Waals surface area (Å²) in [6.45, 7) is 12.5. The predicted molar refractivity (Wildman–Crippen MR) is 113 cm³/mol. The van der Waals surface area contributed by atoms with Gasteiger partial charge in [0.15, 0.2) is 0 Å². The van der Waals surface area contributed by atoms with E-state index in [1.54, 1.807) is 0 Å². The van der Waals surface area contributed by atoms with Crippen LogP contribution in [0.3, 0.4) is 0 Å². The summed E-state index contributed by atoms with van der Waals surface area (Å²) < 4.78 is 0. The summed E-state index contributed by atoms with van der Waals surface area (Å²) in [5.74, 6) is 0. The molecule has 0 heterocycles. The Kier molecular flexibility index (Phi) is 14.9. The van der Waals surface area contributed by atoms with Crippen LogP contribution in [0.2, 0.25) is 0 Å². The normalized spacial score (nSPS) is 13.6. The van der Waals surface area contributed by atoms with Gasteiger partial charge in [0, 0.05) is 0 Å². The topological polar surface area (TPSA) is 0 Å². The van der Waals surface area contributed by atoms with Crippen LogP contribution in [0.4, 0.5) is 0 Å². The predicted octanol–water partition coefficient (Wildman–Crippen LogP) is 6.46. The van der Waals surface area contributed by atoms with E-state index in [9.17, 15) is 0 Å². The molecule has 3 rings (SSSR count). The Morgan fingerprint density at radius 2 is 0.593 bits per heavy atom. The first-order valence-corrected chi connectivity index (χ1v) is 8.98. The van der Waals surface area contributed by atoms with Gasteiger partial charge in [-0.3, -0.25) is 0 Å². The molecular formula is C26H30Zr. The molecule has 0 atom stereocenters. The van der Waals surface area contributed by atoms with Gasteiger partial charge in [0.05, 0.1) is 0 Å². The molecule has 0 amide bonds. The van der Waals surface area contributed by atoms with E-state index in [1.807, 2.05) is 51.4 Å². The summed E-state index contributed by atoms with van der Waals surface area (Å²) in [6, 6.07) is 14.9. The van der Waals surface area contributed by atoms with Gasteiger partial charge in [-0.15, -0.1) is 0 Å². The van der Waals surface area contributed by atoms with Gasteiger partial charge in [0.1, 0.15) is 0 Å². The van der Waals surface area contributed by atoms with E-state index in [-0.39, 0.29) is 26.2 Å². The van der Waals surface area contributed by atoms with Crippen LogP contribution in [-0.2, 0) is 26.2 Å². The van der Waals surface area contributed by atoms with Crippen LogP contribution in [0.25, 0.3) is 0 Å². The van der Waals surface area contributed by atoms with Crippen LogP contribution in [0, 0.1) is 105 Å². The van der Waals surface area contributed by atoms with Crippen LogP contribution in [-0.4, -0.2) is 0 Å². The van der Waals surface area contributed by atoms with Gasteiger partial charge in [0.25, 0.3) is 0 Å². The van der Waals surface area contributed by atoms with Crippen LogP contribution in [0.5, 0.6) is 0 Å². The van der Waals surface area contributed by atoms with Crippen LogP contribution in [0.1, 0.15) is 33.4 Å². The third kappa shape index (κ3) is 14.0. The smallest absolute Gasteiger partial charge is 0.177 e. The summed E-state index contributed by atoms with van der Waals surface area (Å²) in [7, 11) is 0. The molecule has 1 fully saturated rings. The molecule has 0 saturated heterocycles. The minimum absolute atomic E-state index is 0. The average Bonchev–Trinajstić information content (AvgIpc) is 2.44. The van der Waals surface area contributed by atoms with Gasteiger partial charge >= 0.3 is 26.2 Å². The van der Waals surface area contributed by atoms with E-state index >= 15 is 0 Å². The van der Waals surface area contributed by atoms with Crippen molar-refractivity contribution in [2.75, 3.05) is 0 Å². The van der Waals surface area contributed by atoms with Crippen molar-refractivity contribution in [1.82, 2.24) is 0 Å². The Balaban J connectivity index is 0.000000369. The quantitative estimate of drug-likeness (QED) is 0.418. The Morgan fingerprint density at radius 1 is 0.407 bits per heavy atom. The maximum atomic E-state index is 3.21. The van der Waals surface area contributed by atoms with Gasteiger partial charge in [0.2, 0.25) is 0 Å². The molecule has 1 saturated carbocycles. The first-order chi connectivity index (χ1) is 12.4. The molecule has 0 spiro atoms. The second kappa shape index (κ2) is 15.3. The number of aryl methyl sites for hydroxylation is 6. The average molecular weight is 434 g/mol. The van der Waals surface area contributed by atoms with Crippen molar-refractivity contribution >= 4 is 0 Å². The summed E-state index contributed by atoms with van der Waals surface area (Å²) in [5.41, 5.74) is 7.56. The maximum Gasteiger partial charge on any atom is 2.00 e. The van der Waals surface area contributed by atoms with Crippen molar-refractivity contribution in [3.05, 3.63) is 121 Å². The van der Waals surface area contributed by atoms with E-state index < -0.39 is 0 Å². The zero-order valence-electron chi connectivity index (χ0n) is 17.4. The second-order valence-corrected chi connectivity index (χ2v) is 6.59. The van der Waals surface area contributed by atoms with E-state index in [1.165, 1.54) is 33.4 Å². The number of rotatable bonds is 0. The number of benzene rings is 2.